The van der Waals surface area contributed by atoms with Gasteiger partial charge in [0.1, 0.15) is 0 Å². The van der Waals surface area contributed by atoms with E-state index in [9.17, 15) is 26.3 Å². The summed E-state index contributed by atoms with van der Waals surface area (Å²) >= 11 is 0. The van der Waals surface area contributed by atoms with E-state index in [-0.39, 0.29) is 5.92 Å². The second-order valence-corrected chi connectivity index (χ2v) is 3.85. The molecule has 0 fully saturated rings. The van der Waals surface area contributed by atoms with Crippen molar-refractivity contribution in [2.75, 3.05) is 6.61 Å². The van der Waals surface area contributed by atoms with Crippen molar-refractivity contribution >= 4 is 0 Å². The van der Waals surface area contributed by atoms with Crippen LogP contribution in [-0.2, 0) is 4.74 Å². The van der Waals surface area contributed by atoms with E-state index in [1.54, 1.807) is 13.8 Å². The van der Waals surface area contributed by atoms with Crippen molar-refractivity contribution in [3.8, 4) is 0 Å². The molecule has 2 N–H and O–H groups in total. The molecule has 2 nitrogen and oxygen atoms in total. The Hall–Kier alpha value is -0.500. The molecule has 0 bridgehead atoms. The topological polar surface area (TPSA) is 35.2 Å². The van der Waals surface area contributed by atoms with Crippen molar-refractivity contribution in [1.29, 1.82) is 0 Å². The van der Waals surface area contributed by atoms with E-state index in [4.69, 9.17) is 5.73 Å². The van der Waals surface area contributed by atoms with Crippen LogP contribution in [0.3, 0.4) is 0 Å². The highest BCUT2D eigenvalue weighted by molar-refractivity contribution is 4.77. The minimum atomic E-state index is -5.48. The molecule has 2 atom stereocenters. The van der Waals surface area contributed by atoms with Gasteiger partial charge < -0.3 is 10.5 Å². The van der Waals surface area contributed by atoms with Gasteiger partial charge in [0.2, 0.25) is 6.10 Å². The van der Waals surface area contributed by atoms with Gasteiger partial charge in [-0.05, 0) is 5.92 Å². The van der Waals surface area contributed by atoms with Gasteiger partial charge in [-0.15, -0.1) is 0 Å². The van der Waals surface area contributed by atoms with Crippen LogP contribution in [0.4, 0.5) is 26.3 Å². The van der Waals surface area contributed by atoms with Crippen LogP contribution in [0.2, 0.25) is 0 Å². The zero-order chi connectivity index (χ0) is 13.9. The number of halogens is 6. The van der Waals surface area contributed by atoms with Crippen LogP contribution in [-0.4, -0.2) is 31.1 Å². The lowest BCUT2D eigenvalue weighted by molar-refractivity contribution is -0.322. The number of hydrogen-bond donors (Lipinski definition) is 1. The van der Waals surface area contributed by atoms with E-state index in [1.165, 1.54) is 0 Å². The van der Waals surface area contributed by atoms with Crippen molar-refractivity contribution in [3.05, 3.63) is 0 Å². The molecule has 0 aliphatic carbocycles. The SMILES string of the molecule is CCC(C)C(N)COC(C(F)(F)F)C(F)(F)F. The van der Waals surface area contributed by atoms with E-state index in [0.29, 0.717) is 6.42 Å². The second kappa shape index (κ2) is 5.90. The molecule has 0 amide bonds. The fraction of sp³-hybridized carbons (Fsp3) is 1.00. The molecule has 0 aliphatic heterocycles. The number of nitrogens with two attached hydrogens (primary N) is 1. The van der Waals surface area contributed by atoms with Gasteiger partial charge in [0.15, 0.2) is 0 Å². The third kappa shape index (κ3) is 5.58. The summed E-state index contributed by atoms with van der Waals surface area (Å²) in [6.45, 7) is 2.58. The zero-order valence-electron chi connectivity index (χ0n) is 9.40. The molecule has 17 heavy (non-hydrogen) atoms. The second-order valence-electron chi connectivity index (χ2n) is 3.85. The lowest BCUT2D eigenvalue weighted by atomic mass is 10.0. The highest BCUT2D eigenvalue weighted by Gasteiger charge is 2.58. The summed E-state index contributed by atoms with van der Waals surface area (Å²) in [5, 5.41) is 0. The fourth-order valence-electron chi connectivity index (χ4n) is 1.05. The minimum Gasteiger partial charge on any atom is -0.359 e. The Balaban J connectivity index is 4.49. The van der Waals surface area contributed by atoms with Crippen LogP contribution in [0.15, 0.2) is 0 Å². The predicted molar refractivity (Wildman–Crippen MR) is 49.3 cm³/mol. The zero-order valence-corrected chi connectivity index (χ0v) is 9.40. The molecule has 0 rings (SSSR count). The first-order valence-corrected chi connectivity index (χ1v) is 5.00. The molecule has 2 unspecified atom stereocenters. The molecular formula is C9H15F6NO. The highest BCUT2D eigenvalue weighted by Crippen LogP contribution is 2.35. The van der Waals surface area contributed by atoms with Gasteiger partial charge >= 0.3 is 12.4 Å². The fourth-order valence-corrected chi connectivity index (χ4v) is 1.05. The summed E-state index contributed by atoms with van der Waals surface area (Å²) < 4.78 is 76.3. The molecule has 0 aromatic carbocycles. The van der Waals surface area contributed by atoms with Gasteiger partial charge in [-0.25, -0.2) is 0 Å². The predicted octanol–water partition coefficient (Wildman–Crippen LogP) is 2.87. The molecule has 104 valence electrons. The van der Waals surface area contributed by atoms with Crippen LogP contribution in [0, 0.1) is 5.92 Å². The van der Waals surface area contributed by atoms with E-state index < -0.39 is 31.1 Å². The average molecular weight is 267 g/mol. The maximum Gasteiger partial charge on any atom is 0.423 e. The number of ether oxygens (including phenoxy) is 1. The summed E-state index contributed by atoms with van der Waals surface area (Å²) in [5.74, 6) is -0.211. The normalized spacial score (nSPS) is 17.3. The molecule has 0 spiro atoms. The van der Waals surface area contributed by atoms with Crippen molar-refractivity contribution in [1.82, 2.24) is 0 Å². The van der Waals surface area contributed by atoms with Crippen LogP contribution in [0.25, 0.3) is 0 Å². The maximum absolute atomic E-state index is 12.1. The number of alkyl halides is 6. The largest absolute Gasteiger partial charge is 0.423 e. The van der Waals surface area contributed by atoms with Crippen LogP contribution >= 0.6 is 0 Å². The van der Waals surface area contributed by atoms with Gasteiger partial charge in [0, 0.05) is 6.04 Å². The van der Waals surface area contributed by atoms with Crippen molar-refractivity contribution in [3.63, 3.8) is 0 Å². The monoisotopic (exact) mass is 267 g/mol. The highest BCUT2D eigenvalue weighted by atomic mass is 19.4. The van der Waals surface area contributed by atoms with Gasteiger partial charge in [-0.1, -0.05) is 20.3 Å². The Morgan fingerprint density at radius 3 is 1.76 bits per heavy atom. The average Bonchev–Trinajstić information content (AvgIpc) is 2.12. The Morgan fingerprint density at radius 2 is 1.47 bits per heavy atom. The summed E-state index contributed by atoms with van der Waals surface area (Å²) in [5.41, 5.74) is 5.40. The Kier molecular flexibility index (Phi) is 5.73. The van der Waals surface area contributed by atoms with Crippen LogP contribution in [0.1, 0.15) is 20.3 Å². The van der Waals surface area contributed by atoms with E-state index in [2.05, 4.69) is 4.74 Å². The van der Waals surface area contributed by atoms with E-state index >= 15 is 0 Å². The van der Waals surface area contributed by atoms with Crippen molar-refractivity contribution < 1.29 is 31.1 Å². The number of hydrogen-bond acceptors (Lipinski definition) is 2. The van der Waals surface area contributed by atoms with Crippen molar-refractivity contribution in [2.45, 2.75) is 44.8 Å². The molecule has 0 saturated carbocycles. The molecule has 0 aliphatic rings. The van der Waals surface area contributed by atoms with Gasteiger partial charge in [0.25, 0.3) is 0 Å². The molecule has 0 heterocycles. The van der Waals surface area contributed by atoms with Gasteiger partial charge in [-0.2, -0.15) is 26.3 Å². The van der Waals surface area contributed by atoms with E-state index in [1.807, 2.05) is 0 Å². The molecule has 0 aromatic heterocycles. The summed E-state index contributed by atoms with van der Waals surface area (Å²) in [6, 6.07) is -0.854. The lowest BCUT2D eigenvalue weighted by Crippen LogP contribution is -2.47. The van der Waals surface area contributed by atoms with Gasteiger partial charge in [-0.3, -0.25) is 0 Å². The number of rotatable bonds is 5. The Bertz CT molecular complexity index is 213. The maximum atomic E-state index is 12.1. The van der Waals surface area contributed by atoms with Crippen LogP contribution in [0.5, 0.6) is 0 Å². The third-order valence-corrected chi connectivity index (χ3v) is 2.42. The molecular weight excluding hydrogens is 252 g/mol. The van der Waals surface area contributed by atoms with Crippen LogP contribution < -0.4 is 5.73 Å². The lowest BCUT2D eigenvalue weighted by Gasteiger charge is -2.26. The summed E-state index contributed by atoms with van der Waals surface area (Å²) in [7, 11) is 0. The van der Waals surface area contributed by atoms with E-state index in [0.717, 1.165) is 0 Å². The molecule has 0 aromatic rings. The standard InChI is InChI=1S/C9H15F6NO/c1-3-5(2)6(16)4-17-7(8(10,11)12)9(13,14)15/h5-7H,3-4,16H2,1-2H3. The molecule has 0 radical (unpaired) electrons. The Labute approximate surface area is 95.1 Å². The summed E-state index contributed by atoms with van der Waals surface area (Å²) in [4.78, 5) is 0. The first kappa shape index (κ1) is 16.5. The smallest absolute Gasteiger partial charge is 0.359 e. The summed E-state index contributed by atoms with van der Waals surface area (Å²) in [6.07, 6.45) is -14.2. The first-order chi connectivity index (χ1) is 7.50. The Morgan fingerprint density at radius 1 is 1.06 bits per heavy atom. The first-order valence-electron chi connectivity index (χ1n) is 5.00. The molecule has 0 saturated heterocycles. The van der Waals surface area contributed by atoms with Crippen molar-refractivity contribution in [2.24, 2.45) is 11.7 Å². The third-order valence-electron chi connectivity index (χ3n) is 2.42. The van der Waals surface area contributed by atoms with Gasteiger partial charge in [0.05, 0.1) is 6.61 Å². The molecule has 8 heteroatoms. The minimum absolute atomic E-state index is 0.211. The quantitative estimate of drug-likeness (QED) is 0.777.